The molecule has 1 aromatic carbocycles. The molecule has 4 heterocycles. The van der Waals surface area contributed by atoms with Gasteiger partial charge in [0.25, 0.3) is 5.91 Å². The molecule has 1 fully saturated rings. The van der Waals surface area contributed by atoms with Crippen molar-refractivity contribution in [2.24, 2.45) is 7.05 Å². The van der Waals surface area contributed by atoms with Crippen molar-refractivity contribution in [3.8, 4) is 5.69 Å². The molecule has 0 bridgehead atoms. The van der Waals surface area contributed by atoms with E-state index in [1.807, 2.05) is 37.1 Å². The maximum Gasteiger partial charge on any atom is 0.256 e. The third-order valence-electron chi connectivity index (χ3n) is 5.98. The summed E-state index contributed by atoms with van der Waals surface area (Å²) in [7, 11) is 1.87. The molecule has 0 aliphatic carbocycles. The van der Waals surface area contributed by atoms with Crippen molar-refractivity contribution in [2.45, 2.75) is 26.3 Å². The summed E-state index contributed by atoms with van der Waals surface area (Å²) < 4.78 is 1.75. The number of carbonyl (C=O) groups excluding carboxylic acids is 1. The fraction of sp³-hybridized carbons (Fsp3) is 0.364. The van der Waals surface area contributed by atoms with Gasteiger partial charge in [0.15, 0.2) is 5.65 Å². The van der Waals surface area contributed by atoms with Crippen LogP contribution in [0.5, 0.6) is 0 Å². The van der Waals surface area contributed by atoms with Crippen LogP contribution in [0.15, 0.2) is 43.0 Å². The minimum atomic E-state index is -0.0154. The SMILES string of the molecule is Cc1ccc(-n2nccn2)c(C(=O)N2CCN(c3ncc4cnn(C)c4n3)CC[C@H]2C)c1. The number of anilines is 1. The van der Waals surface area contributed by atoms with Gasteiger partial charge in [-0.3, -0.25) is 9.48 Å². The minimum absolute atomic E-state index is 0.0154. The van der Waals surface area contributed by atoms with E-state index in [2.05, 4.69) is 32.1 Å². The Morgan fingerprint density at radius 2 is 1.88 bits per heavy atom. The van der Waals surface area contributed by atoms with Crippen LogP contribution in [0.25, 0.3) is 16.7 Å². The molecule has 1 atom stereocenters. The van der Waals surface area contributed by atoms with Crippen LogP contribution in [0.3, 0.4) is 0 Å². The monoisotopic (exact) mass is 431 g/mol. The molecule has 1 aliphatic heterocycles. The van der Waals surface area contributed by atoms with Gasteiger partial charge in [0.1, 0.15) is 0 Å². The summed E-state index contributed by atoms with van der Waals surface area (Å²) in [6, 6.07) is 5.85. The summed E-state index contributed by atoms with van der Waals surface area (Å²) in [6.45, 7) is 6.08. The van der Waals surface area contributed by atoms with Gasteiger partial charge in [-0.1, -0.05) is 11.6 Å². The molecule has 0 saturated carbocycles. The van der Waals surface area contributed by atoms with Crippen LogP contribution < -0.4 is 4.90 Å². The number of carbonyl (C=O) groups is 1. The van der Waals surface area contributed by atoms with E-state index in [1.165, 1.54) is 4.80 Å². The van der Waals surface area contributed by atoms with Gasteiger partial charge in [0.2, 0.25) is 5.95 Å². The standard InChI is InChI=1S/C22H25N9O/c1-15-4-5-19(31-24-7-8-25-31)18(12-15)21(32)30-11-10-29(9-6-16(30)2)22-23-13-17-14-26-28(3)20(17)27-22/h4-5,7-8,12-14,16H,6,9-11H2,1-3H3/t16-/m1/s1. The average molecular weight is 432 g/mol. The molecular weight excluding hydrogens is 406 g/mol. The van der Waals surface area contributed by atoms with Gasteiger partial charge in [0.05, 0.1) is 35.2 Å². The van der Waals surface area contributed by atoms with E-state index in [0.717, 1.165) is 29.6 Å². The first-order valence-corrected chi connectivity index (χ1v) is 10.7. The van der Waals surface area contributed by atoms with E-state index in [0.29, 0.717) is 30.3 Å². The van der Waals surface area contributed by atoms with Crippen LogP contribution in [0, 0.1) is 6.92 Å². The highest BCUT2D eigenvalue weighted by Crippen LogP contribution is 2.22. The first kappa shape index (κ1) is 20.1. The van der Waals surface area contributed by atoms with Crippen LogP contribution in [0.1, 0.15) is 29.3 Å². The highest BCUT2D eigenvalue weighted by atomic mass is 16.2. The molecule has 10 nitrogen and oxygen atoms in total. The van der Waals surface area contributed by atoms with Gasteiger partial charge in [-0.05, 0) is 32.4 Å². The van der Waals surface area contributed by atoms with Crippen LogP contribution in [-0.4, -0.2) is 71.2 Å². The lowest BCUT2D eigenvalue weighted by Crippen LogP contribution is -2.40. The first-order chi connectivity index (χ1) is 15.5. The van der Waals surface area contributed by atoms with Gasteiger partial charge >= 0.3 is 0 Å². The van der Waals surface area contributed by atoms with Crippen molar-refractivity contribution in [3.05, 3.63) is 54.1 Å². The Labute approximate surface area is 185 Å². The largest absolute Gasteiger partial charge is 0.339 e. The van der Waals surface area contributed by atoms with Crippen molar-refractivity contribution in [2.75, 3.05) is 24.5 Å². The maximum atomic E-state index is 13.7. The normalized spacial score (nSPS) is 17.0. The second kappa shape index (κ2) is 8.03. The molecule has 0 spiro atoms. The number of aryl methyl sites for hydroxylation is 2. The Bertz CT molecular complexity index is 1260. The summed E-state index contributed by atoms with van der Waals surface area (Å²) in [5.41, 5.74) is 3.11. The minimum Gasteiger partial charge on any atom is -0.339 e. The molecule has 0 unspecified atom stereocenters. The number of hydrogen-bond acceptors (Lipinski definition) is 7. The molecule has 32 heavy (non-hydrogen) atoms. The molecule has 4 aromatic rings. The Morgan fingerprint density at radius 1 is 1.06 bits per heavy atom. The predicted octanol–water partition coefficient (Wildman–Crippen LogP) is 1.99. The zero-order valence-corrected chi connectivity index (χ0v) is 18.4. The van der Waals surface area contributed by atoms with E-state index in [4.69, 9.17) is 4.98 Å². The number of hydrogen-bond donors (Lipinski definition) is 0. The number of fused-ring (bicyclic) bond motifs is 1. The fourth-order valence-electron chi connectivity index (χ4n) is 4.13. The number of rotatable bonds is 3. The Hall–Kier alpha value is -3.82. The molecule has 1 aliphatic rings. The molecule has 10 heteroatoms. The summed E-state index contributed by atoms with van der Waals surface area (Å²) in [4.78, 5) is 28.5. The maximum absolute atomic E-state index is 13.7. The molecular formula is C22H25N9O. The van der Waals surface area contributed by atoms with Gasteiger partial charge in [-0.25, -0.2) is 4.98 Å². The first-order valence-electron chi connectivity index (χ1n) is 10.7. The Morgan fingerprint density at radius 3 is 2.69 bits per heavy atom. The lowest BCUT2D eigenvalue weighted by atomic mass is 10.1. The summed E-state index contributed by atoms with van der Waals surface area (Å²) >= 11 is 0. The lowest BCUT2D eigenvalue weighted by Gasteiger charge is -2.27. The van der Waals surface area contributed by atoms with Gasteiger partial charge in [-0.15, -0.1) is 0 Å². The smallest absolute Gasteiger partial charge is 0.256 e. The summed E-state index contributed by atoms with van der Waals surface area (Å²) in [5.74, 6) is 0.651. The molecule has 1 saturated heterocycles. The highest BCUT2D eigenvalue weighted by Gasteiger charge is 2.28. The Balaban J connectivity index is 1.41. The zero-order valence-electron chi connectivity index (χ0n) is 18.4. The predicted molar refractivity (Wildman–Crippen MR) is 120 cm³/mol. The third-order valence-corrected chi connectivity index (χ3v) is 5.98. The average Bonchev–Trinajstić information content (AvgIpc) is 3.41. The molecule has 164 valence electrons. The van der Waals surface area contributed by atoms with E-state index in [9.17, 15) is 4.79 Å². The number of nitrogens with zero attached hydrogens (tertiary/aromatic N) is 9. The van der Waals surface area contributed by atoms with Gasteiger partial charge < -0.3 is 9.80 Å². The number of amides is 1. The van der Waals surface area contributed by atoms with Crippen LogP contribution >= 0.6 is 0 Å². The highest BCUT2D eigenvalue weighted by molar-refractivity contribution is 5.98. The number of benzene rings is 1. The van der Waals surface area contributed by atoms with Crippen LogP contribution in [0.4, 0.5) is 5.95 Å². The fourth-order valence-corrected chi connectivity index (χ4v) is 4.13. The summed E-state index contributed by atoms with van der Waals surface area (Å²) in [5, 5.41) is 13.6. The van der Waals surface area contributed by atoms with Crippen LogP contribution in [0.2, 0.25) is 0 Å². The van der Waals surface area contributed by atoms with E-state index in [1.54, 1.807) is 29.5 Å². The lowest BCUT2D eigenvalue weighted by molar-refractivity contribution is 0.0704. The van der Waals surface area contributed by atoms with E-state index in [-0.39, 0.29) is 11.9 Å². The molecule has 0 N–H and O–H groups in total. The quantitative estimate of drug-likeness (QED) is 0.489. The second-order valence-corrected chi connectivity index (χ2v) is 8.18. The van der Waals surface area contributed by atoms with Gasteiger partial charge in [0, 0.05) is 38.9 Å². The molecule has 3 aromatic heterocycles. The molecule has 0 radical (unpaired) electrons. The Kier molecular flexibility index (Phi) is 5.04. The van der Waals surface area contributed by atoms with E-state index >= 15 is 0 Å². The molecule has 5 rings (SSSR count). The summed E-state index contributed by atoms with van der Waals surface area (Å²) in [6.07, 6.45) is 7.61. The third kappa shape index (κ3) is 3.57. The van der Waals surface area contributed by atoms with E-state index < -0.39 is 0 Å². The van der Waals surface area contributed by atoms with Crippen molar-refractivity contribution in [1.82, 2.24) is 39.6 Å². The molecule has 1 amide bonds. The second-order valence-electron chi connectivity index (χ2n) is 8.18. The van der Waals surface area contributed by atoms with Gasteiger partial charge in [-0.2, -0.15) is 25.1 Å². The number of aromatic nitrogens is 7. The topological polar surface area (TPSA) is 97.9 Å². The van der Waals surface area contributed by atoms with Crippen molar-refractivity contribution < 1.29 is 4.79 Å². The zero-order chi connectivity index (χ0) is 22.2. The van der Waals surface area contributed by atoms with Crippen molar-refractivity contribution in [3.63, 3.8) is 0 Å². The van der Waals surface area contributed by atoms with Crippen molar-refractivity contribution in [1.29, 1.82) is 0 Å². The van der Waals surface area contributed by atoms with Crippen LogP contribution in [-0.2, 0) is 7.05 Å². The van der Waals surface area contributed by atoms with Crippen molar-refractivity contribution >= 4 is 22.9 Å².